The van der Waals surface area contributed by atoms with Gasteiger partial charge in [-0.1, -0.05) is 26.7 Å². The Labute approximate surface area is 141 Å². The molecule has 1 saturated carbocycles. The molecule has 3 rings (SSSR count). The zero-order chi connectivity index (χ0) is 16.4. The van der Waals surface area contributed by atoms with Crippen LogP contribution in [0, 0.1) is 11.8 Å². The van der Waals surface area contributed by atoms with Gasteiger partial charge in [-0.25, -0.2) is 4.79 Å². The van der Waals surface area contributed by atoms with Gasteiger partial charge in [-0.3, -0.25) is 4.79 Å². The van der Waals surface area contributed by atoms with E-state index < -0.39 is 0 Å². The molecular formula is C18H25NO3S. The molecule has 1 aromatic rings. The lowest BCUT2D eigenvalue weighted by Crippen LogP contribution is -2.45. The quantitative estimate of drug-likeness (QED) is 0.859. The normalized spacial score (nSPS) is 26.6. The third kappa shape index (κ3) is 3.77. The Balaban J connectivity index is 1.47. The predicted molar refractivity (Wildman–Crippen MR) is 90.7 cm³/mol. The molecule has 1 amide bonds. The Morgan fingerprint density at radius 3 is 2.87 bits per heavy atom. The summed E-state index contributed by atoms with van der Waals surface area (Å²) in [6.07, 6.45) is 6.69. The molecule has 1 fully saturated rings. The molecule has 0 aromatic carbocycles. The fourth-order valence-electron chi connectivity index (χ4n) is 3.67. The molecule has 0 saturated heterocycles. The van der Waals surface area contributed by atoms with Gasteiger partial charge < -0.3 is 10.1 Å². The lowest BCUT2D eigenvalue weighted by molar-refractivity contribution is -0.125. The van der Waals surface area contributed by atoms with Gasteiger partial charge in [0.1, 0.15) is 4.88 Å². The van der Waals surface area contributed by atoms with E-state index in [-0.39, 0.29) is 24.5 Å². The largest absolute Gasteiger partial charge is 0.451 e. The number of nitrogens with one attached hydrogen (secondary N) is 1. The first-order chi connectivity index (χ1) is 11.0. The van der Waals surface area contributed by atoms with E-state index in [4.69, 9.17) is 4.74 Å². The summed E-state index contributed by atoms with van der Waals surface area (Å²) < 4.78 is 5.19. The number of rotatable bonds is 4. The first-order valence-corrected chi connectivity index (χ1v) is 9.44. The molecule has 3 atom stereocenters. The van der Waals surface area contributed by atoms with Crippen molar-refractivity contribution in [3.63, 3.8) is 0 Å². The summed E-state index contributed by atoms with van der Waals surface area (Å²) in [7, 11) is 0. The number of fused-ring (bicyclic) bond motifs is 1. The summed E-state index contributed by atoms with van der Waals surface area (Å²) >= 11 is 1.51. The molecule has 126 valence electrons. The Bertz CT molecular complexity index is 574. The average molecular weight is 335 g/mol. The van der Waals surface area contributed by atoms with Crippen LogP contribution in [0.3, 0.4) is 0 Å². The summed E-state index contributed by atoms with van der Waals surface area (Å²) in [5.41, 5.74) is 1.27. The van der Waals surface area contributed by atoms with Gasteiger partial charge in [0.25, 0.3) is 5.91 Å². The summed E-state index contributed by atoms with van der Waals surface area (Å²) in [5, 5.41) is 3.03. The monoisotopic (exact) mass is 335 g/mol. The van der Waals surface area contributed by atoms with Gasteiger partial charge in [0, 0.05) is 10.9 Å². The molecule has 1 aromatic heterocycles. The molecule has 23 heavy (non-hydrogen) atoms. The summed E-state index contributed by atoms with van der Waals surface area (Å²) in [5.74, 6) is 0.548. The number of hydrogen-bond acceptors (Lipinski definition) is 4. The summed E-state index contributed by atoms with van der Waals surface area (Å²) in [4.78, 5) is 26.0. The number of thiophene rings is 1. The second-order valence-electron chi connectivity index (χ2n) is 6.93. The smallest absolute Gasteiger partial charge is 0.348 e. The van der Waals surface area contributed by atoms with Crippen molar-refractivity contribution in [2.24, 2.45) is 11.8 Å². The Kier molecular flexibility index (Phi) is 5.05. The van der Waals surface area contributed by atoms with Crippen LogP contribution in [0.2, 0.25) is 0 Å². The van der Waals surface area contributed by atoms with Gasteiger partial charge in [0.2, 0.25) is 0 Å². The molecule has 0 spiro atoms. The van der Waals surface area contributed by atoms with Crippen molar-refractivity contribution < 1.29 is 14.3 Å². The molecule has 3 unspecified atom stereocenters. The Hall–Kier alpha value is -1.36. The van der Waals surface area contributed by atoms with Crippen molar-refractivity contribution >= 4 is 23.2 Å². The highest BCUT2D eigenvalue weighted by atomic mass is 32.1. The van der Waals surface area contributed by atoms with Gasteiger partial charge in [-0.2, -0.15) is 0 Å². The third-order valence-corrected chi connectivity index (χ3v) is 6.55. The minimum Gasteiger partial charge on any atom is -0.451 e. The fourth-order valence-corrected chi connectivity index (χ4v) is 4.81. The van der Waals surface area contributed by atoms with Crippen molar-refractivity contribution in [3.8, 4) is 0 Å². The second kappa shape index (κ2) is 7.04. The number of aryl methyl sites for hydroxylation is 2. The average Bonchev–Trinajstić information content (AvgIpc) is 3.11. The third-order valence-electron chi connectivity index (χ3n) is 5.34. The van der Waals surface area contributed by atoms with Crippen molar-refractivity contribution in [3.05, 3.63) is 21.4 Å². The van der Waals surface area contributed by atoms with E-state index in [1.807, 2.05) is 6.07 Å². The minimum atomic E-state index is -0.371. The maximum absolute atomic E-state index is 12.1. The van der Waals surface area contributed by atoms with E-state index in [1.165, 1.54) is 34.6 Å². The van der Waals surface area contributed by atoms with Gasteiger partial charge in [-0.05, 0) is 49.1 Å². The number of ether oxygens (including phenoxy) is 1. The zero-order valence-electron chi connectivity index (χ0n) is 13.9. The number of amides is 1. The predicted octanol–water partition coefficient (Wildman–Crippen LogP) is 3.33. The summed E-state index contributed by atoms with van der Waals surface area (Å²) in [6, 6.07) is 2.13. The maximum atomic E-state index is 12.1. The van der Waals surface area contributed by atoms with Crippen LogP contribution in [-0.4, -0.2) is 24.5 Å². The zero-order valence-corrected chi connectivity index (χ0v) is 14.7. The first kappa shape index (κ1) is 16.5. The van der Waals surface area contributed by atoms with Crippen LogP contribution in [0.4, 0.5) is 0 Å². The molecule has 0 radical (unpaired) electrons. The minimum absolute atomic E-state index is 0.182. The molecule has 0 aliphatic heterocycles. The molecule has 1 heterocycles. The lowest BCUT2D eigenvalue weighted by atomic mass is 9.78. The van der Waals surface area contributed by atoms with E-state index in [0.717, 1.165) is 25.7 Å². The van der Waals surface area contributed by atoms with E-state index >= 15 is 0 Å². The second-order valence-corrected chi connectivity index (χ2v) is 8.07. The standard InChI is InChI=1S/C18H25NO3S/c1-11-5-3-7-14(12(11)2)19-17(20)10-22-18(21)16-9-13-6-4-8-15(13)23-16/h9,11-12,14H,3-8,10H2,1-2H3,(H,19,20). The van der Waals surface area contributed by atoms with Crippen molar-refractivity contribution in [2.45, 2.75) is 58.4 Å². The van der Waals surface area contributed by atoms with Crippen LogP contribution >= 0.6 is 11.3 Å². The van der Waals surface area contributed by atoms with Gasteiger partial charge >= 0.3 is 5.97 Å². The van der Waals surface area contributed by atoms with Crippen molar-refractivity contribution in [1.82, 2.24) is 5.32 Å². The Morgan fingerprint density at radius 2 is 2.09 bits per heavy atom. The molecule has 2 aliphatic rings. The first-order valence-electron chi connectivity index (χ1n) is 8.62. The van der Waals surface area contributed by atoms with E-state index in [1.54, 1.807) is 0 Å². The van der Waals surface area contributed by atoms with E-state index in [2.05, 4.69) is 19.2 Å². The van der Waals surface area contributed by atoms with E-state index in [0.29, 0.717) is 16.7 Å². The summed E-state index contributed by atoms with van der Waals surface area (Å²) in [6.45, 7) is 4.24. The number of hydrogen-bond donors (Lipinski definition) is 1. The van der Waals surface area contributed by atoms with Gasteiger partial charge in [0.15, 0.2) is 6.61 Å². The number of carbonyl (C=O) groups is 2. The highest BCUT2D eigenvalue weighted by molar-refractivity contribution is 7.14. The number of esters is 1. The molecule has 5 heteroatoms. The van der Waals surface area contributed by atoms with Crippen LogP contribution < -0.4 is 5.32 Å². The molecule has 2 aliphatic carbocycles. The molecule has 4 nitrogen and oxygen atoms in total. The number of carbonyl (C=O) groups excluding carboxylic acids is 2. The van der Waals surface area contributed by atoms with Crippen LogP contribution in [0.1, 0.15) is 59.6 Å². The van der Waals surface area contributed by atoms with Gasteiger partial charge in [0.05, 0.1) is 0 Å². The lowest BCUT2D eigenvalue weighted by Gasteiger charge is -2.34. The van der Waals surface area contributed by atoms with Gasteiger partial charge in [-0.15, -0.1) is 11.3 Å². The van der Waals surface area contributed by atoms with Crippen molar-refractivity contribution in [1.29, 1.82) is 0 Å². The Morgan fingerprint density at radius 1 is 1.26 bits per heavy atom. The van der Waals surface area contributed by atoms with Crippen LogP contribution in [-0.2, 0) is 22.4 Å². The molecular weight excluding hydrogens is 310 g/mol. The SMILES string of the molecule is CC1CCCC(NC(=O)COC(=O)c2cc3c(s2)CCC3)C1C. The maximum Gasteiger partial charge on any atom is 0.348 e. The topological polar surface area (TPSA) is 55.4 Å². The highest BCUT2D eigenvalue weighted by Crippen LogP contribution is 2.31. The molecule has 0 bridgehead atoms. The van der Waals surface area contributed by atoms with Crippen molar-refractivity contribution in [2.75, 3.05) is 6.61 Å². The van der Waals surface area contributed by atoms with Crippen LogP contribution in [0.5, 0.6) is 0 Å². The fraction of sp³-hybridized carbons (Fsp3) is 0.667. The molecule has 1 N–H and O–H groups in total. The highest BCUT2D eigenvalue weighted by Gasteiger charge is 2.28. The van der Waals surface area contributed by atoms with E-state index in [9.17, 15) is 9.59 Å². The van der Waals surface area contributed by atoms with Crippen LogP contribution in [0.25, 0.3) is 0 Å². The van der Waals surface area contributed by atoms with Crippen LogP contribution in [0.15, 0.2) is 6.07 Å².